The molecule has 174 valence electrons. The SMILES string of the molecule is C=C=CCn1c(N2CCCC(N)C2)c(C#N)c2ncn(CC(=O)c3cccc(OC)c3)c(=O)c21. The Morgan fingerprint density at radius 1 is 1.44 bits per heavy atom. The van der Waals surface area contributed by atoms with Gasteiger partial charge in [0.15, 0.2) is 5.78 Å². The third-order valence-corrected chi connectivity index (χ3v) is 5.99. The third-order valence-electron chi connectivity index (χ3n) is 5.99. The molecule has 0 bridgehead atoms. The first-order valence-electron chi connectivity index (χ1n) is 11.0. The summed E-state index contributed by atoms with van der Waals surface area (Å²) in [6.45, 7) is 5.01. The minimum absolute atomic E-state index is 0.0215. The van der Waals surface area contributed by atoms with Crippen molar-refractivity contribution in [2.75, 3.05) is 25.1 Å². The largest absolute Gasteiger partial charge is 0.497 e. The van der Waals surface area contributed by atoms with Crippen LogP contribution in [0.1, 0.15) is 28.8 Å². The van der Waals surface area contributed by atoms with Gasteiger partial charge in [-0.2, -0.15) is 5.26 Å². The molecule has 34 heavy (non-hydrogen) atoms. The topological polar surface area (TPSA) is 119 Å². The molecule has 1 aliphatic rings. The second kappa shape index (κ2) is 9.79. The zero-order valence-corrected chi connectivity index (χ0v) is 19.0. The van der Waals surface area contributed by atoms with Gasteiger partial charge in [0, 0.05) is 24.7 Å². The molecule has 1 fully saturated rings. The minimum atomic E-state index is -0.400. The number of hydrogen-bond donors (Lipinski definition) is 1. The number of aromatic nitrogens is 3. The number of hydrogen-bond acceptors (Lipinski definition) is 7. The van der Waals surface area contributed by atoms with E-state index in [4.69, 9.17) is 10.5 Å². The summed E-state index contributed by atoms with van der Waals surface area (Å²) >= 11 is 0. The van der Waals surface area contributed by atoms with Crippen LogP contribution in [0, 0.1) is 11.3 Å². The van der Waals surface area contributed by atoms with E-state index in [0.29, 0.717) is 34.8 Å². The van der Waals surface area contributed by atoms with Gasteiger partial charge in [-0.25, -0.2) is 4.98 Å². The Bertz CT molecular complexity index is 1390. The van der Waals surface area contributed by atoms with Gasteiger partial charge in [0.2, 0.25) is 0 Å². The number of Topliss-reactive ketones (excluding diaryl/α,β-unsaturated/α-hetero) is 1. The van der Waals surface area contributed by atoms with Crippen LogP contribution in [0.15, 0.2) is 53.8 Å². The summed E-state index contributed by atoms with van der Waals surface area (Å²) < 4.78 is 8.21. The lowest BCUT2D eigenvalue weighted by Gasteiger charge is -2.33. The molecule has 1 aliphatic heterocycles. The zero-order valence-electron chi connectivity index (χ0n) is 19.0. The number of methoxy groups -OCH3 is 1. The van der Waals surface area contributed by atoms with Crippen LogP contribution in [0.5, 0.6) is 5.75 Å². The first-order chi connectivity index (χ1) is 16.5. The number of carbonyl (C=O) groups is 1. The molecule has 0 saturated carbocycles. The number of rotatable bonds is 7. The Labute approximate surface area is 197 Å². The fourth-order valence-corrected chi connectivity index (χ4v) is 4.37. The van der Waals surface area contributed by atoms with E-state index in [1.165, 1.54) is 18.0 Å². The lowest BCUT2D eigenvalue weighted by molar-refractivity contribution is 0.0970. The highest BCUT2D eigenvalue weighted by atomic mass is 16.5. The molecule has 0 amide bonds. The van der Waals surface area contributed by atoms with E-state index in [2.05, 4.69) is 23.4 Å². The molecule has 0 aliphatic carbocycles. The lowest BCUT2D eigenvalue weighted by Crippen LogP contribution is -2.44. The van der Waals surface area contributed by atoms with E-state index in [1.807, 2.05) is 4.90 Å². The number of nitrogens with zero attached hydrogens (tertiary/aromatic N) is 5. The summed E-state index contributed by atoms with van der Waals surface area (Å²) in [5.41, 5.74) is 9.84. The van der Waals surface area contributed by atoms with E-state index >= 15 is 0 Å². The Morgan fingerprint density at radius 2 is 2.26 bits per heavy atom. The fraction of sp³-hybridized carbons (Fsp3) is 0.320. The molecule has 0 radical (unpaired) electrons. The van der Waals surface area contributed by atoms with Crippen molar-refractivity contribution in [3.8, 4) is 11.8 Å². The maximum absolute atomic E-state index is 13.6. The summed E-state index contributed by atoms with van der Waals surface area (Å²) in [6, 6.07) is 8.97. The number of piperidine rings is 1. The Hall–Kier alpha value is -4.12. The maximum Gasteiger partial charge on any atom is 0.278 e. The number of ether oxygens (including phenoxy) is 1. The van der Waals surface area contributed by atoms with Gasteiger partial charge < -0.3 is 19.9 Å². The van der Waals surface area contributed by atoms with Crippen LogP contribution in [0.2, 0.25) is 0 Å². The first-order valence-corrected chi connectivity index (χ1v) is 11.0. The van der Waals surface area contributed by atoms with Gasteiger partial charge in [0.1, 0.15) is 34.2 Å². The summed E-state index contributed by atoms with van der Waals surface area (Å²) in [5, 5.41) is 9.98. The van der Waals surface area contributed by atoms with Crippen LogP contribution in [0.25, 0.3) is 11.0 Å². The molecule has 2 aromatic heterocycles. The first kappa shape index (κ1) is 23.1. The third kappa shape index (κ3) is 4.25. The highest BCUT2D eigenvalue weighted by Crippen LogP contribution is 2.31. The molecule has 4 rings (SSSR count). The quantitative estimate of drug-likeness (QED) is 0.426. The fourth-order valence-electron chi connectivity index (χ4n) is 4.37. The van der Waals surface area contributed by atoms with Crippen molar-refractivity contribution >= 4 is 22.6 Å². The predicted molar refractivity (Wildman–Crippen MR) is 129 cm³/mol. The van der Waals surface area contributed by atoms with Gasteiger partial charge >= 0.3 is 0 Å². The number of anilines is 1. The van der Waals surface area contributed by atoms with Crippen molar-refractivity contribution < 1.29 is 9.53 Å². The number of ketones is 1. The van der Waals surface area contributed by atoms with E-state index in [-0.39, 0.29) is 30.4 Å². The van der Waals surface area contributed by atoms with Gasteiger partial charge in [0.05, 0.1) is 26.5 Å². The van der Waals surface area contributed by atoms with Gasteiger partial charge in [-0.05, 0) is 31.1 Å². The molecule has 9 nitrogen and oxygen atoms in total. The Balaban J connectivity index is 1.83. The van der Waals surface area contributed by atoms with Gasteiger partial charge in [-0.3, -0.25) is 14.2 Å². The van der Waals surface area contributed by atoms with Crippen LogP contribution in [0.4, 0.5) is 5.82 Å². The van der Waals surface area contributed by atoms with Gasteiger partial charge in [-0.1, -0.05) is 18.7 Å². The van der Waals surface area contributed by atoms with E-state index in [9.17, 15) is 14.9 Å². The number of allylic oxidation sites excluding steroid dienone is 1. The smallest absolute Gasteiger partial charge is 0.278 e. The predicted octanol–water partition coefficient (Wildman–Crippen LogP) is 2.23. The van der Waals surface area contributed by atoms with Crippen LogP contribution in [0.3, 0.4) is 0 Å². The lowest BCUT2D eigenvalue weighted by atomic mass is 10.1. The summed E-state index contributed by atoms with van der Waals surface area (Å²) in [4.78, 5) is 32.9. The van der Waals surface area contributed by atoms with Gasteiger partial charge in [-0.15, -0.1) is 5.73 Å². The Morgan fingerprint density at radius 3 is 2.97 bits per heavy atom. The number of carbonyl (C=O) groups excluding carboxylic acids is 1. The van der Waals surface area contributed by atoms with Crippen LogP contribution in [-0.2, 0) is 13.1 Å². The summed E-state index contributed by atoms with van der Waals surface area (Å²) in [7, 11) is 1.53. The second-order valence-corrected chi connectivity index (χ2v) is 8.21. The highest BCUT2D eigenvalue weighted by Gasteiger charge is 2.28. The van der Waals surface area contributed by atoms with E-state index in [1.54, 1.807) is 34.9 Å². The van der Waals surface area contributed by atoms with Crippen molar-refractivity contribution in [3.05, 3.63) is 70.5 Å². The molecule has 1 saturated heterocycles. The van der Waals surface area contributed by atoms with Crippen molar-refractivity contribution in [2.45, 2.75) is 32.0 Å². The van der Waals surface area contributed by atoms with Crippen LogP contribution in [-0.4, -0.2) is 46.1 Å². The second-order valence-electron chi connectivity index (χ2n) is 8.21. The molecule has 1 atom stereocenters. The number of fused-ring (bicyclic) bond motifs is 1. The average Bonchev–Trinajstić information content (AvgIpc) is 3.18. The van der Waals surface area contributed by atoms with Crippen molar-refractivity contribution in [1.29, 1.82) is 5.26 Å². The summed E-state index contributed by atoms with van der Waals surface area (Å²) in [6.07, 6.45) is 4.80. The number of nitriles is 1. The minimum Gasteiger partial charge on any atom is -0.497 e. The molecule has 3 heterocycles. The molecule has 9 heteroatoms. The molecule has 1 aromatic carbocycles. The average molecular weight is 459 g/mol. The van der Waals surface area contributed by atoms with Gasteiger partial charge in [0.25, 0.3) is 5.56 Å². The van der Waals surface area contributed by atoms with Crippen LogP contribution >= 0.6 is 0 Å². The van der Waals surface area contributed by atoms with Crippen molar-refractivity contribution in [2.24, 2.45) is 5.73 Å². The molecule has 0 spiro atoms. The van der Waals surface area contributed by atoms with Crippen LogP contribution < -0.4 is 20.9 Å². The van der Waals surface area contributed by atoms with E-state index < -0.39 is 5.56 Å². The number of benzene rings is 1. The highest BCUT2D eigenvalue weighted by molar-refractivity contribution is 5.96. The monoisotopic (exact) mass is 458 g/mol. The number of nitrogens with two attached hydrogens (primary N) is 1. The standard InChI is InChI=1S/C25H26N6O3/c1-3-4-11-31-23-22(20(13-26)24(31)29-10-6-8-18(27)14-29)28-16-30(25(23)33)15-21(32)17-7-5-9-19(12-17)34-2/h4-5,7,9,12,16,18H,1,6,8,10-11,14-15,27H2,2H3. The maximum atomic E-state index is 13.6. The normalized spacial score (nSPS) is 15.6. The molecular weight excluding hydrogens is 432 g/mol. The van der Waals surface area contributed by atoms with Crippen molar-refractivity contribution in [3.63, 3.8) is 0 Å². The molecule has 1 unspecified atom stereocenters. The van der Waals surface area contributed by atoms with E-state index in [0.717, 1.165) is 19.4 Å². The molecule has 2 N–H and O–H groups in total. The molecular formula is C25H26N6O3. The summed E-state index contributed by atoms with van der Waals surface area (Å²) in [5.74, 6) is 0.912. The van der Waals surface area contributed by atoms with Crippen molar-refractivity contribution in [1.82, 2.24) is 14.1 Å². The Kier molecular flexibility index (Phi) is 6.64. The molecule has 3 aromatic rings. The zero-order chi connectivity index (χ0) is 24.2.